The molecule has 0 radical (unpaired) electrons. The maximum Gasteiger partial charge on any atom is 0.197 e. The summed E-state index contributed by atoms with van der Waals surface area (Å²) in [6, 6.07) is 13.0. The van der Waals surface area contributed by atoms with Gasteiger partial charge in [-0.1, -0.05) is 23.4 Å². The molecule has 2 aromatic heterocycles. The van der Waals surface area contributed by atoms with E-state index in [1.165, 1.54) is 0 Å². The Morgan fingerprint density at radius 2 is 1.76 bits per heavy atom. The van der Waals surface area contributed by atoms with Crippen molar-refractivity contribution >= 4 is 27.3 Å². The highest BCUT2D eigenvalue weighted by molar-refractivity contribution is 6.00. The van der Waals surface area contributed by atoms with E-state index in [1.807, 2.05) is 42.5 Å². The number of hydrogen-bond donors (Lipinski definition) is 0. The highest BCUT2D eigenvalue weighted by Gasteiger charge is 2.12. The average Bonchev–Trinajstić information content (AvgIpc) is 2.81. The molecular formula is C13H7N3O. The average molecular weight is 221 g/mol. The van der Waals surface area contributed by atoms with Crippen molar-refractivity contribution in [3.63, 3.8) is 0 Å². The maximum atomic E-state index is 12.3. The normalized spacial score (nSPS) is 11.8. The molecule has 0 saturated heterocycles. The highest BCUT2D eigenvalue weighted by Crippen LogP contribution is 2.20. The van der Waals surface area contributed by atoms with Gasteiger partial charge >= 0.3 is 0 Å². The molecule has 2 aromatic carbocycles. The van der Waals surface area contributed by atoms with E-state index in [2.05, 4.69) is 10.3 Å². The van der Waals surface area contributed by atoms with Crippen molar-refractivity contribution < 1.29 is 0 Å². The lowest BCUT2D eigenvalue weighted by Crippen LogP contribution is -2.06. The zero-order chi connectivity index (χ0) is 11.4. The predicted molar refractivity (Wildman–Crippen MR) is 65.5 cm³/mol. The van der Waals surface area contributed by atoms with Gasteiger partial charge in [-0.05, 0) is 24.3 Å². The van der Waals surface area contributed by atoms with E-state index < -0.39 is 0 Å². The van der Waals surface area contributed by atoms with E-state index in [0.29, 0.717) is 10.8 Å². The fourth-order valence-electron chi connectivity index (χ4n) is 2.32. The molecule has 4 aromatic rings. The smallest absolute Gasteiger partial charge is 0.197 e. The molecule has 0 spiro atoms. The maximum absolute atomic E-state index is 12.3. The first-order valence-corrected chi connectivity index (χ1v) is 5.35. The van der Waals surface area contributed by atoms with Crippen molar-refractivity contribution in [1.82, 2.24) is 14.8 Å². The zero-order valence-electron chi connectivity index (χ0n) is 8.79. The Bertz CT molecular complexity index is 911. The van der Waals surface area contributed by atoms with Gasteiger partial charge in [0.15, 0.2) is 5.43 Å². The summed E-state index contributed by atoms with van der Waals surface area (Å²) in [4.78, 5) is 12.3. The van der Waals surface area contributed by atoms with E-state index in [1.54, 1.807) is 4.52 Å². The summed E-state index contributed by atoms with van der Waals surface area (Å²) in [5, 5.41) is 9.55. The van der Waals surface area contributed by atoms with E-state index in [9.17, 15) is 4.79 Å². The van der Waals surface area contributed by atoms with Crippen LogP contribution in [0.25, 0.3) is 27.3 Å². The van der Waals surface area contributed by atoms with Crippen LogP contribution in [0.5, 0.6) is 0 Å². The molecule has 0 unspecified atom stereocenters. The SMILES string of the molecule is O=c1c2ccccc2n2nnc3cccc1c32. The molecule has 4 nitrogen and oxygen atoms in total. The third-order valence-electron chi connectivity index (χ3n) is 3.09. The van der Waals surface area contributed by atoms with Crippen LogP contribution in [0.3, 0.4) is 0 Å². The second-order valence-electron chi connectivity index (χ2n) is 4.02. The van der Waals surface area contributed by atoms with E-state index >= 15 is 0 Å². The lowest BCUT2D eigenvalue weighted by molar-refractivity contribution is 0.890. The Labute approximate surface area is 95.4 Å². The van der Waals surface area contributed by atoms with E-state index in [4.69, 9.17) is 0 Å². The minimum atomic E-state index is 0.0426. The zero-order valence-corrected chi connectivity index (χ0v) is 8.79. The molecule has 0 aliphatic rings. The summed E-state index contributed by atoms with van der Waals surface area (Å²) in [7, 11) is 0. The lowest BCUT2D eigenvalue weighted by atomic mass is 10.1. The van der Waals surface area contributed by atoms with Crippen LogP contribution in [-0.4, -0.2) is 14.8 Å². The first kappa shape index (κ1) is 8.64. The van der Waals surface area contributed by atoms with Gasteiger partial charge in [-0.2, -0.15) is 0 Å². The summed E-state index contributed by atoms with van der Waals surface area (Å²) in [6.45, 7) is 0. The summed E-state index contributed by atoms with van der Waals surface area (Å²) in [5.74, 6) is 0. The number of pyridine rings is 1. The van der Waals surface area contributed by atoms with E-state index in [0.717, 1.165) is 16.6 Å². The first-order chi connectivity index (χ1) is 8.36. The quantitative estimate of drug-likeness (QED) is 0.425. The minimum absolute atomic E-state index is 0.0426. The number of nitrogens with zero attached hydrogens (tertiary/aromatic N) is 3. The Kier molecular flexibility index (Phi) is 1.42. The van der Waals surface area contributed by atoms with Crippen molar-refractivity contribution in [2.45, 2.75) is 0 Å². The topological polar surface area (TPSA) is 47.3 Å². The van der Waals surface area contributed by atoms with Crippen LogP contribution in [0.15, 0.2) is 47.3 Å². The van der Waals surface area contributed by atoms with Gasteiger partial charge in [0.05, 0.1) is 10.9 Å². The number of aromatic nitrogens is 3. The van der Waals surface area contributed by atoms with Gasteiger partial charge in [0, 0.05) is 5.39 Å². The van der Waals surface area contributed by atoms with Gasteiger partial charge in [-0.3, -0.25) is 4.79 Å². The van der Waals surface area contributed by atoms with Gasteiger partial charge in [-0.25, -0.2) is 4.52 Å². The molecule has 0 saturated carbocycles. The molecule has 0 fully saturated rings. The fraction of sp³-hybridized carbons (Fsp3) is 0. The van der Waals surface area contributed by atoms with Gasteiger partial charge in [0.1, 0.15) is 11.0 Å². The molecular weight excluding hydrogens is 214 g/mol. The van der Waals surface area contributed by atoms with Crippen LogP contribution in [-0.2, 0) is 0 Å². The third-order valence-corrected chi connectivity index (χ3v) is 3.09. The molecule has 80 valence electrons. The Morgan fingerprint density at radius 3 is 2.71 bits per heavy atom. The summed E-state index contributed by atoms with van der Waals surface area (Å²) < 4.78 is 1.74. The molecule has 4 rings (SSSR count). The monoisotopic (exact) mass is 221 g/mol. The molecule has 0 aliphatic carbocycles. The third kappa shape index (κ3) is 0.945. The number of para-hydroxylation sites is 2. The first-order valence-electron chi connectivity index (χ1n) is 5.35. The number of rotatable bonds is 0. The number of hydrogen-bond acceptors (Lipinski definition) is 3. The number of benzene rings is 2. The van der Waals surface area contributed by atoms with E-state index in [-0.39, 0.29) is 5.43 Å². The molecule has 0 bridgehead atoms. The standard InChI is InChI=1S/C13H7N3O/c17-13-8-4-1-2-7-11(8)16-12-9(13)5-3-6-10(12)14-15-16/h1-7H. The van der Waals surface area contributed by atoms with Gasteiger partial charge in [-0.15, -0.1) is 5.10 Å². The van der Waals surface area contributed by atoms with Crippen molar-refractivity contribution in [2.24, 2.45) is 0 Å². The summed E-state index contributed by atoms with van der Waals surface area (Å²) in [6.07, 6.45) is 0. The summed E-state index contributed by atoms with van der Waals surface area (Å²) in [5.41, 5.74) is 2.40. The Morgan fingerprint density at radius 1 is 0.941 bits per heavy atom. The minimum Gasteiger partial charge on any atom is -0.288 e. The molecule has 0 atom stereocenters. The molecule has 0 amide bonds. The highest BCUT2D eigenvalue weighted by atomic mass is 16.1. The second kappa shape index (κ2) is 2.79. The van der Waals surface area contributed by atoms with Crippen LogP contribution in [0.2, 0.25) is 0 Å². The van der Waals surface area contributed by atoms with Crippen molar-refractivity contribution in [3.8, 4) is 0 Å². The van der Waals surface area contributed by atoms with Crippen LogP contribution >= 0.6 is 0 Å². The Hall–Kier alpha value is -2.49. The van der Waals surface area contributed by atoms with Gasteiger partial charge < -0.3 is 0 Å². The fourth-order valence-corrected chi connectivity index (χ4v) is 2.32. The molecule has 4 heteroatoms. The van der Waals surface area contributed by atoms with Crippen LogP contribution in [0, 0.1) is 0 Å². The van der Waals surface area contributed by atoms with Gasteiger partial charge in [0.2, 0.25) is 0 Å². The van der Waals surface area contributed by atoms with Crippen molar-refractivity contribution in [2.75, 3.05) is 0 Å². The van der Waals surface area contributed by atoms with Gasteiger partial charge in [0.25, 0.3) is 0 Å². The number of fused-ring (bicyclic) bond motifs is 2. The largest absolute Gasteiger partial charge is 0.288 e. The Balaban J connectivity index is 2.53. The molecule has 0 aliphatic heterocycles. The lowest BCUT2D eigenvalue weighted by Gasteiger charge is -2.02. The van der Waals surface area contributed by atoms with Crippen molar-refractivity contribution in [1.29, 1.82) is 0 Å². The second-order valence-corrected chi connectivity index (χ2v) is 4.02. The summed E-state index contributed by atoms with van der Waals surface area (Å²) >= 11 is 0. The molecule has 0 N–H and O–H groups in total. The van der Waals surface area contributed by atoms with Crippen molar-refractivity contribution in [3.05, 3.63) is 52.7 Å². The molecule has 2 heterocycles. The molecule has 17 heavy (non-hydrogen) atoms. The van der Waals surface area contributed by atoms with Crippen LogP contribution in [0.1, 0.15) is 0 Å². The predicted octanol–water partition coefficient (Wildman–Crippen LogP) is 1.83. The van der Waals surface area contributed by atoms with Crippen LogP contribution in [0.4, 0.5) is 0 Å². The van der Waals surface area contributed by atoms with Crippen LogP contribution < -0.4 is 5.43 Å².